The average Bonchev–Trinajstić information content (AvgIpc) is 2.47. The van der Waals surface area contributed by atoms with Gasteiger partial charge < -0.3 is 4.90 Å². The largest absolute Gasteiger partial charge is 0.300 e. The third kappa shape index (κ3) is 5.81. The molecule has 116 valence electrons. The number of hydrogen-bond acceptors (Lipinski definition) is 3. The molecule has 0 aromatic carbocycles. The van der Waals surface area contributed by atoms with Crippen molar-refractivity contribution in [1.29, 1.82) is 5.26 Å². The molecule has 1 aliphatic heterocycles. The molecule has 1 N–H and O–H groups in total. The summed E-state index contributed by atoms with van der Waals surface area (Å²) < 4.78 is 0. The fourth-order valence-electron chi connectivity index (χ4n) is 3.23. The molecule has 3 heteroatoms. The Morgan fingerprint density at radius 3 is 2.75 bits per heavy atom. The lowest BCUT2D eigenvalue weighted by molar-refractivity contribution is 0.134. The van der Waals surface area contributed by atoms with Crippen LogP contribution in [0.4, 0.5) is 0 Å². The third-order valence-corrected chi connectivity index (χ3v) is 4.51. The van der Waals surface area contributed by atoms with Crippen LogP contribution in [-0.4, -0.2) is 36.1 Å². The van der Waals surface area contributed by atoms with Gasteiger partial charge >= 0.3 is 0 Å². The van der Waals surface area contributed by atoms with Crippen LogP contribution in [-0.2, 0) is 0 Å². The topological polar surface area (TPSA) is 39.1 Å². The first-order valence-corrected chi connectivity index (χ1v) is 8.55. The second-order valence-corrected chi connectivity index (χ2v) is 6.45. The Hall–Kier alpha value is -0.590. The predicted octanol–water partition coefficient (Wildman–Crippen LogP) is 3.70. The van der Waals surface area contributed by atoms with Gasteiger partial charge in [-0.05, 0) is 65.1 Å². The molecule has 2 atom stereocenters. The standard InChI is InChI=1S/C17H33N3/c1-4-9-16-10-6-7-13-20(16)14-8-11-17(3,15-18)19-12-5-2/h16,19H,4-14H2,1-3H3. The van der Waals surface area contributed by atoms with Gasteiger partial charge in [-0.1, -0.05) is 26.7 Å². The Bertz CT molecular complexity index is 295. The van der Waals surface area contributed by atoms with E-state index in [9.17, 15) is 5.26 Å². The Morgan fingerprint density at radius 1 is 1.30 bits per heavy atom. The monoisotopic (exact) mass is 279 g/mol. The van der Waals surface area contributed by atoms with Gasteiger partial charge in [0.2, 0.25) is 0 Å². The summed E-state index contributed by atoms with van der Waals surface area (Å²) in [5.74, 6) is 0. The quantitative estimate of drug-likeness (QED) is 0.699. The Kier molecular flexibility index (Phi) is 8.18. The molecule has 2 unspecified atom stereocenters. The zero-order valence-corrected chi connectivity index (χ0v) is 13.7. The van der Waals surface area contributed by atoms with E-state index >= 15 is 0 Å². The molecule has 0 bridgehead atoms. The van der Waals surface area contributed by atoms with E-state index in [1.54, 1.807) is 0 Å². The first kappa shape index (κ1) is 17.5. The molecule has 1 rings (SSSR count). The summed E-state index contributed by atoms with van der Waals surface area (Å²) >= 11 is 0. The summed E-state index contributed by atoms with van der Waals surface area (Å²) in [6.07, 6.45) is 9.91. The molecule has 1 heterocycles. The van der Waals surface area contributed by atoms with Gasteiger partial charge in [-0.15, -0.1) is 0 Å². The first-order chi connectivity index (χ1) is 9.65. The van der Waals surface area contributed by atoms with Crippen LogP contribution < -0.4 is 5.32 Å². The zero-order valence-electron chi connectivity index (χ0n) is 13.7. The maximum Gasteiger partial charge on any atom is 0.103 e. The number of nitrogens with zero attached hydrogens (tertiary/aromatic N) is 2. The van der Waals surface area contributed by atoms with Gasteiger partial charge in [0.05, 0.1) is 6.07 Å². The van der Waals surface area contributed by atoms with E-state index < -0.39 is 0 Å². The number of likely N-dealkylation sites (tertiary alicyclic amines) is 1. The van der Waals surface area contributed by atoms with E-state index in [0.717, 1.165) is 38.4 Å². The maximum absolute atomic E-state index is 9.36. The summed E-state index contributed by atoms with van der Waals surface area (Å²) in [6.45, 7) is 9.84. The molecule has 0 radical (unpaired) electrons. The third-order valence-electron chi connectivity index (χ3n) is 4.51. The Morgan fingerprint density at radius 2 is 2.10 bits per heavy atom. The Balaban J connectivity index is 2.35. The van der Waals surface area contributed by atoms with Crippen LogP contribution in [0.1, 0.15) is 72.1 Å². The molecule has 20 heavy (non-hydrogen) atoms. The lowest BCUT2D eigenvalue weighted by Gasteiger charge is -2.36. The van der Waals surface area contributed by atoms with Crippen LogP contribution >= 0.6 is 0 Å². The van der Waals surface area contributed by atoms with E-state index in [0.29, 0.717) is 0 Å². The van der Waals surface area contributed by atoms with Gasteiger partial charge in [-0.25, -0.2) is 0 Å². The van der Waals surface area contributed by atoms with E-state index in [4.69, 9.17) is 0 Å². The first-order valence-electron chi connectivity index (χ1n) is 8.55. The van der Waals surface area contributed by atoms with Gasteiger partial charge in [-0.2, -0.15) is 5.26 Å². The molecule has 0 saturated carbocycles. The molecule has 0 spiro atoms. The molecule has 0 aliphatic carbocycles. The van der Waals surface area contributed by atoms with Crippen LogP contribution in [0.3, 0.4) is 0 Å². The fourth-order valence-corrected chi connectivity index (χ4v) is 3.23. The van der Waals surface area contributed by atoms with E-state index in [2.05, 4.69) is 30.1 Å². The lowest BCUT2D eigenvalue weighted by Crippen LogP contribution is -2.43. The second-order valence-electron chi connectivity index (χ2n) is 6.45. The van der Waals surface area contributed by atoms with Gasteiger partial charge in [0.1, 0.15) is 5.54 Å². The molecule has 0 amide bonds. The molecule has 1 saturated heterocycles. The molecule has 1 aliphatic rings. The molecule has 0 aromatic rings. The summed E-state index contributed by atoms with van der Waals surface area (Å²) in [5.41, 5.74) is -0.341. The van der Waals surface area contributed by atoms with Gasteiger partial charge in [0, 0.05) is 6.04 Å². The van der Waals surface area contributed by atoms with Crippen molar-refractivity contribution in [2.45, 2.75) is 83.7 Å². The van der Waals surface area contributed by atoms with Crippen molar-refractivity contribution in [1.82, 2.24) is 10.2 Å². The normalized spacial score (nSPS) is 23.2. The second kappa shape index (κ2) is 9.37. The number of piperidine rings is 1. The number of nitriles is 1. The van der Waals surface area contributed by atoms with Crippen molar-refractivity contribution in [3.05, 3.63) is 0 Å². The number of hydrogen-bond donors (Lipinski definition) is 1. The summed E-state index contributed by atoms with van der Waals surface area (Å²) in [7, 11) is 0. The van der Waals surface area contributed by atoms with Crippen LogP contribution in [0.5, 0.6) is 0 Å². The maximum atomic E-state index is 9.36. The number of nitrogens with one attached hydrogen (secondary N) is 1. The highest BCUT2D eigenvalue weighted by Gasteiger charge is 2.25. The predicted molar refractivity (Wildman–Crippen MR) is 85.7 cm³/mol. The molecule has 3 nitrogen and oxygen atoms in total. The molecular formula is C17H33N3. The summed E-state index contributed by atoms with van der Waals surface area (Å²) in [6, 6.07) is 3.25. The van der Waals surface area contributed by atoms with E-state index in [-0.39, 0.29) is 5.54 Å². The van der Waals surface area contributed by atoms with Crippen LogP contribution in [0.2, 0.25) is 0 Å². The van der Waals surface area contributed by atoms with Crippen molar-refractivity contribution in [3.8, 4) is 6.07 Å². The highest BCUT2D eigenvalue weighted by atomic mass is 15.2. The van der Waals surface area contributed by atoms with Crippen LogP contribution in [0, 0.1) is 11.3 Å². The zero-order chi connectivity index (χ0) is 14.8. The van der Waals surface area contributed by atoms with Crippen molar-refractivity contribution < 1.29 is 0 Å². The molecule has 1 fully saturated rings. The van der Waals surface area contributed by atoms with Gasteiger partial charge in [0.25, 0.3) is 0 Å². The van der Waals surface area contributed by atoms with Gasteiger partial charge in [-0.3, -0.25) is 5.32 Å². The minimum atomic E-state index is -0.341. The van der Waals surface area contributed by atoms with E-state index in [1.807, 2.05) is 6.92 Å². The minimum Gasteiger partial charge on any atom is -0.300 e. The Labute approximate surface area is 125 Å². The lowest BCUT2D eigenvalue weighted by atomic mass is 9.95. The smallest absolute Gasteiger partial charge is 0.103 e. The van der Waals surface area contributed by atoms with Crippen molar-refractivity contribution in [3.63, 3.8) is 0 Å². The van der Waals surface area contributed by atoms with Crippen molar-refractivity contribution in [2.24, 2.45) is 0 Å². The highest BCUT2D eigenvalue weighted by Crippen LogP contribution is 2.22. The van der Waals surface area contributed by atoms with Gasteiger partial charge in [0.15, 0.2) is 0 Å². The SMILES string of the molecule is CCCNC(C)(C#N)CCCN1CCCCC1CCC. The van der Waals surface area contributed by atoms with Crippen LogP contribution in [0.15, 0.2) is 0 Å². The summed E-state index contributed by atoms with van der Waals surface area (Å²) in [5, 5.41) is 12.7. The fraction of sp³-hybridized carbons (Fsp3) is 0.941. The minimum absolute atomic E-state index is 0.341. The summed E-state index contributed by atoms with van der Waals surface area (Å²) in [4.78, 5) is 2.67. The van der Waals surface area contributed by atoms with Crippen molar-refractivity contribution >= 4 is 0 Å². The molecule has 0 aromatic heterocycles. The van der Waals surface area contributed by atoms with Crippen molar-refractivity contribution in [2.75, 3.05) is 19.6 Å². The average molecular weight is 279 g/mol. The highest BCUT2D eigenvalue weighted by molar-refractivity contribution is 5.03. The van der Waals surface area contributed by atoms with E-state index in [1.165, 1.54) is 38.6 Å². The van der Waals surface area contributed by atoms with Crippen LogP contribution in [0.25, 0.3) is 0 Å². The number of rotatable bonds is 9. The molecular weight excluding hydrogens is 246 g/mol.